The Kier molecular flexibility index (Phi) is 5.83. The Hall–Kier alpha value is -1.55. The first-order valence-corrected chi connectivity index (χ1v) is 6.57. The molecule has 0 radical (unpaired) electrons. The van der Waals surface area contributed by atoms with Crippen LogP contribution >= 0.6 is 0 Å². The maximum Gasteiger partial charge on any atom is 0.250 e. The topological polar surface area (TPSA) is 47.6 Å². The summed E-state index contributed by atoms with van der Waals surface area (Å²) in [6, 6.07) is 5.62. The molecule has 0 aromatic heterocycles. The summed E-state index contributed by atoms with van der Waals surface area (Å²) in [7, 11) is 0. The average Bonchev–Trinajstić information content (AvgIpc) is 2.29. The lowest BCUT2D eigenvalue weighted by Crippen LogP contribution is -2.21. The molecule has 4 nitrogen and oxygen atoms in total. The van der Waals surface area contributed by atoms with Crippen LogP contribution in [0.2, 0.25) is 0 Å². The molecule has 1 aromatic rings. The molecule has 1 rings (SSSR count). The van der Waals surface area contributed by atoms with Crippen LogP contribution in [0.5, 0.6) is 5.75 Å². The van der Waals surface area contributed by atoms with Gasteiger partial charge in [-0.3, -0.25) is 4.79 Å². The van der Waals surface area contributed by atoms with Gasteiger partial charge in [0.25, 0.3) is 0 Å². The van der Waals surface area contributed by atoms with Crippen molar-refractivity contribution in [3.05, 3.63) is 23.8 Å². The number of nitrogens with one attached hydrogen (secondary N) is 1. The second-order valence-electron chi connectivity index (χ2n) is 5.05. The van der Waals surface area contributed by atoms with Gasteiger partial charge in [-0.15, -0.1) is 0 Å². The predicted octanol–water partition coefficient (Wildman–Crippen LogP) is 3.15. The van der Waals surface area contributed by atoms with Crippen molar-refractivity contribution in [3.8, 4) is 5.75 Å². The molecule has 106 valence electrons. The number of rotatable bonds is 6. The summed E-state index contributed by atoms with van der Waals surface area (Å²) >= 11 is 0. The first-order valence-electron chi connectivity index (χ1n) is 6.57. The summed E-state index contributed by atoms with van der Waals surface area (Å²) in [5.41, 5.74) is 1.75. The number of hydrogen-bond donors (Lipinski definition) is 1. The zero-order valence-corrected chi connectivity index (χ0v) is 12.3. The van der Waals surface area contributed by atoms with Crippen LogP contribution in [0, 0.1) is 6.92 Å². The molecule has 4 heteroatoms. The molecule has 0 fully saturated rings. The first kappa shape index (κ1) is 15.5. The molecule has 1 N–H and O–H groups in total. The highest BCUT2D eigenvalue weighted by Crippen LogP contribution is 2.22. The van der Waals surface area contributed by atoms with Crippen LogP contribution < -0.4 is 10.1 Å². The number of amides is 1. The third kappa shape index (κ3) is 5.75. The lowest BCUT2D eigenvalue weighted by atomic mass is 10.2. The maximum atomic E-state index is 11.7. The highest BCUT2D eigenvalue weighted by atomic mass is 16.5. The van der Waals surface area contributed by atoms with Crippen molar-refractivity contribution in [2.75, 3.05) is 11.9 Å². The molecule has 0 spiro atoms. The Labute approximate surface area is 115 Å². The molecule has 0 aliphatic rings. The zero-order valence-electron chi connectivity index (χ0n) is 12.3. The van der Waals surface area contributed by atoms with E-state index in [-0.39, 0.29) is 24.7 Å². The summed E-state index contributed by atoms with van der Waals surface area (Å²) in [5, 5.41) is 2.83. The second kappa shape index (κ2) is 7.14. The fourth-order valence-electron chi connectivity index (χ4n) is 1.55. The van der Waals surface area contributed by atoms with Crippen LogP contribution in [0.4, 0.5) is 5.69 Å². The number of hydrogen-bond acceptors (Lipinski definition) is 3. The van der Waals surface area contributed by atoms with Crippen molar-refractivity contribution >= 4 is 11.6 Å². The summed E-state index contributed by atoms with van der Waals surface area (Å²) in [4.78, 5) is 11.7. The van der Waals surface area contributed by atoms with Gasteiger partial charge in [-0.1, -0.05) is 0 Å². The Morgan fingerprint density at radius 3 is 2.42 bits per heavy atom. The number of carbonyl (C=O) groups excluding carboxylic acids is 1. The van der Waals surface area contributed by atoms with Crippen LogP contribution in [-0.2, 0) is 9.53 Å². The van der Waals surface area contributed by atoms with Crippen molar-refractivity contribution in [3.63, 3.8) is 0 Å². The van der Waals surface area contributed by atoms with Gasteiger partial charge in [0.15, 0.2) is 0 Å². The van der Waals surface area contributed by atoms with Gasteiger partial charge >= 0.3 is 0 Å². The molecule has 0 bridgehead atoms. The standard InChI is InChI=1S/C15H23NO3/c1-10(2)18-9-15(17)16-14-7-6-13(8-12(14)5)19-11(3)4/h6-8,10-11H,9H2,1-5H3,(H,16,17). The molecule has 0 aliphatic carbocycles. The van der Waals surface area contributed by atoms with Crippen LogP contribution in [0.3, 0.4) is 0 Å². The fraction of sp³-hybridized carbons (Fsp3) is 0.533. The van der Waals surface area contributed by atoms with Crippen molar-refractivity contribution in [2.24, 2.45) is 0 Å². The maximum absolute atomic E-state index is 11.7. The smallest absolute Gasteiger partial charge is 0.250 e. The van der Waals surface area contributed by atoms with Gasteiger partial charge in [0.1, 0.15) is 12.4 Å². The monoisotopic (exact) mass is 265 g/mol. The van der Waals surface area contributed by atoms with Gasteiger partial charge < -0.3 is 14.8 Å². The third-order valence-electron chi connectivity index (χ3n) is 2.39. The Morgan fingerprint density at radius 2 is 1.89 bits per heavy atom. The molecule has 0 saturated carbocycles. The number of carbonyl (C=O) groups is 1. The molecule has 1 aromatic carbocycles. The van der Waals surface area contributed by atoms with Gasteiger partial charge in [0.05, 0.1) is 12.2 Å². The molecule has 0 heterocycles. The van der Waals surface area contributed by atoms with E-state index in [1.54, 1.807) is 0 Å². The SMILES string of the molecule is Cc1cc(OC(C)C)ccc1NC(=O)COC(C)C. The van der Waals surface area contributed by atoms with Crippen molar-refractivity contribution in [1.29, 1.82) is 0 Å². The molecule has 1 amide bonds. The highest BCUT2D eigenvalue weighted by molar-refractivity contribution is 5.92. The minimum Gasteiger partial charge on any atom is -0.491 e. The molecule has 0 unspecified atom stereocenters. The number of aryl methyl sites for hydroxylation is 1. The van der Waals surface area contributed by atoms with E-state index < -0.39 is 0 Å². The van der Waals surface area contributed by atoms with Crippen LogP contribution in [-0.4, -0.2) is 24.7 Å². The molecule has 0 saturated heterocycles. The van der Waals surface area contributed by atoms with E-state index in [1.165, 1.54) is 0 Å². The molecular weight excluding hydrogens is 242 g/mol. The summed E-state index contributed by atoms with van der Waals surface area (Å²) < 4.78 is 10.9. The number of ether oxygens (including phenoxy) is 2. The Balaban J connectivity index is 2.61. The minimum absolute atomic E-state index is 0.0497. The predicted molar refractivity (Wildman–Crippen MR) is 76.7 cm³/mol. The summed E-state index contributed by atoms with van der Waals surface area (Å²) in [6.45, 7) is 9.77. The molecular formula is C15H23NO3. The van der Waals surface area contributed by atoms with Crippen LogP contribution in [0.1, 0.15) is 33.3 Å². The van der Waals surface area contributed by atoms with E-state index in [4.69, 9.17) is 9.47 Å². The number of anilines is 1. The lowest BCUT2D eigenvalue weighted by molar-refractivity contribution is -0.121. The van der Waals surface area contributed by atoms with E-state index in [9.17, 15) is 4.79 Å². The van der Waals surface area contributed by atoms with Crippen LogP contribution in [0.15, 0.2) is 18.2 Å². The van der Waals surface area contributed by atoms with E-state index in [0.717, 1.165) is 17.0 Å². The molecule has 0 atom stereocenters. The normalized spacial score (nSPS) is 10.9. The number of benzene rings is 1. The summed E-state index contributed by atoms with van der Waals surface area (Å²) in [6.07, 6.45) is 0.188. The van der Waals surface area contributed by atoms with E-state index in [2.05, 4.69) is 5.32 Å². The first-order chi connectivity index (χ1) is 8.88. The minimum atomic E-state index is -0.144. The van der Waals surface area contributed by atoms with E-state index in [0.29, 0.717) is 0 Å². The highest BCUT2D eigenvalue weighted by Gasteiger charge is 2.07. The van der Waals surface area contributed by atoms with Crippen LogP contribution in [0.25, 0.3) is 0 Å². The largest absolute Gasteiger partial charge is 0.491 e. The van der Waals surface area contributed by atoms with E-state index >= 15 is 0 Å². The van der Waals surface area contributed by atoms with Crippen molar-refractivity contribution < 1.29 is 14.3 Å². The Morgan fingerprint density at radius 1 is 1.21 bits per heavy atom. The van der Waals surface area contributed by atoms with Gasteiger partial charge in [-0.25, -0.2) is 0 Å². The average molecular weight is 265 g/mol. The lowest BCUT2D eigenvalue weighted by Gasteiger charge is -2.13. The molecule has 19 heavy (non-hydrogen) atoms. The third-order valence-corrected chi connectivity index (χ3v) is 2.39. The van der Waals surface area contributed by atoms with Gasteiger partial charge in [-0.05, 0) is 58.4 Å². The van der Waals surface area contributed by atoms with Crippen molar-refractivity contribution in [2.45, 2.75) is 46.8 Å². The zero-order chi connectivity index (χ0) is 14.4. The van der Waals surface area contributed by atoms with Crippen molar-refractivity contribution in [1.82, 2.24) is 0 Å². The van der Waals surface area contributed by atoms with Gasteiger partial charge in [-0.2, -0.15) is 0 Å². The second-order valence-corrected chi connectivity index (χ2v) is 5.05. The molecule has 0 aliphatic heterocycles. The van der Waals surface area contributed by atoms with Gasteiger partial charge in [0.2, 0.25) is 5.91 Å². The fourth-order valence-corrected chi connectivity index (χ4v) is 1.55. The Bertz CT molecular complexity index is 427. The van der Waals surface area contributed by atoms with E-state index in [1.807, 2.05) is 52.8 Å². The quantitative estimate of drug-likeness (QED) is 0.859. The summed E-state index contributed by atoms with van der Waals surface area (Å²) in [5.74, 6) is 0.665. The van der Waals surface area contributed by atoms with Gasteiger partial charge in [0, 0.05) is 5.69 Å².